The molecule has 0 unspecified atom stereocenters. The van der Waals surface area contributed by atoms with Crippen molar-refractivity contribution in [3.8, 4) is 0 Å². The van der Waals surface area contributed by atoms with Gasteiger partial charge in [0.25, 0.3) is 0 Å². The molecule has 0 bridgehead atoms. The summed E-state index contributed by atoms with van der Waals surface area (Å²) < 4.78 is 11.9. The third-order valence-corrected chi connectivity index (χ3v) is 2.50. The van der Waals surface area contributed by atoms with Crippen LogP contribution in [0.3, 0.4) is 0 Å². The van der Waals surface area contributed by atoms with Crippen LogP contribution >= 0.6 is 0 Å². The van der Waals surface area contributed by atoms with Gasteiger partial charge in [0, 0.05) is 13.3 Å². The van der Waals surface area contributed by atoms with Gasteiger partial charge < -0.3 is 19.0 Å². The summed E-state index contributed by atoms with van der Waals surface area (Å²) in [4.78, 5) is 15.2. The molecule has 0 saturated carbocycles. The molecule has 6 heteroatoms. The van der Waals surface area contributed by atoms with E-state index in [0.29, 0.717) is 24.6 Å². The first-order chi connectivity index (χ1) is 8.74. The lowest BCUT2D eigenvalue weighted by Crippen LogP contribution is -2.08. The van der Waals surface area contributed by atoms with Gasteiger partial charge in [-0.25, -0.2) is 9.78 Å². The number of imidazole rings is 1. The molecule has 0 radical (unpaired) electrons. The summed E-state index contributed by atoms with van der Waals surface area (Å²) in [6.07, 6.45) is 1.77. The Morgan fingerprint density at radius 1 is 1.44 bits per heavy atom. The Morgan fingerprint density at radius 2 is 2.28 bits per heavy atom. The Labute approximate surface area is 104 Å². The molecule has 0 aliphatic rings. The number of methoxy groups -OCH3 is 1. The summed E-state index contributed by atoms with van der Waals surface area (Å²) in [5, 5.41) is 9.11. The normalized spacial score (nSPS) is 10.9. The van der Waals surface area contributed by atoms with Crippen molar-refractivity contribution in [3.63, 3.8) is 0 Å². The summed E-state index contributed by atoms with van der Waals surface area (Å²) in [7, 11) is 1.58. The minimum Gasteiger partial charge on any atom is -0.476 e. The van der Waals surface area contributed by atoms with Crippen LogP contribution < -0.4 is 0 Å². The molecule has 0 atom stereocenters. The van der Waals surface area contributed by atoms with Gasteiger partial charge in [-0.15, -0.1) is 0 Å². The van der Waals surface area contributed by atoms with Crippen LogP contribution in [0.1, 0.15) is 16.2 Å². The van der Waals surface area contributed by atoms with Gasteiger partial charge in [0.05, 0.1) is 25.5 Å². The number of aromatic nitrogens is 2. The fourth-order valence-corrected chi connectivity index (χ4v) is 1.67. The zero-order valence-electron chi connectivity index (χ0n) is 10.00. The van der Waals surface area contributed by atoms with Crippen LogP contribution in [0.4, 0.5) is 0 Å². The van der Waals surface area contributed by atoms with Gasteiger partial charge in [0.2, 0.25) is 0 Å². The molecule has 2 aromatic rings. The number of nitrogens with zero attached hydrogens (tertiary/aromatic N) is 2. The van der Waals surface area contributed by atoms with Crippen molar-refractivity contribution in [1.29, 1.82) is 0 Å². The fraction of sp³-hybridized carbons (Fsp3) is 0.333. The van der Waals surface area contributed by atoms with E-state index in [1.807, 2.05) is 12.1 Å². The van der Waals surface area contributed by atoms with Crippen molar-refractivity contribution in [2.75, 3.05) is 20.3 Å². The molecule has 0 aliphatic heterocycles. The standard InChI is InChI=1S/C12H14N2O4/c1-17-6-7-18-8-9-11(12(15)16)13-10-4-2-3-5-14(9)10/h2-5H,6-8H2,1H3,(H,15,16). The zero-order valence-corrected chi connectivity index (χ0v) is 10.00. The van der Waals surface area contributed by atoms with Crippen molar-refractivity contribution < 1.29 is 19.4 Å². The molecule has 2 rings (SSSR count). The van der Waals surface area contributed by atoms with Crippen LogP contribution in [0.5, 0.6) is 0 Å². The van der Waals surface area contributed by atoms with Gasteiger partial charge in [0.15, 0.2) is 5.69 Å². The molecule has 1 N–H and O–H groups in total. The predicted octanol–water partition coefficient (Wildman–Crippen LogP) is 1.20. The van der Waals surface area contributed by atoms with Gasteiger partial charge in [-0.2, -0.15) is 0 Å². The van der Waals surface area contributed by atoms with Gasteiger partial charge in [-0.3, -0.25) is 0 Å². The average molecular weight is 250 g/mol. The van der Waals surface area contributed by atoms with Gasteiger partial charge >= 0.3 is 5.97 Å². The first-order valence-electron chi connectivity index (χ1n) is 5.50. The topological polar surface area (TPSA) is 73.1 Å². The maximum atomic E-state index is 11.1. The molecule has 0 aromatic carbocycles. The van der Waals surface area contributed by atoms with Crippen LogP contribution in [0.15, 0.2) is 24.4 Å². The molecular formula is C12H14N2O4. The van der Waals surface area contributed by atoms with Crippen molar-refractivity contribution in [3.05, 3.63) is 35.8 Å². The van der Waals surface area contributed by atoms with Crippen LogP contribution in [0, 0.1) is 0 Å². The second-order valence-electron chi connectivity index (χ2n) is 3.69. The van der Waals surface area contributed by atoms with E-state index in [2.05, 4.69) is 4.98 Å². The van der Waals surface area contributed by atoms with E-state index < -0.39 is 5.97 Å². The number of pyridine rings is 1. The molecule has 96 valence electrons. The summed E-state index contributed by atoms with van der Waals surface area (Å²) in [6.45, 7) is 1.07. The number of carbonyl (C=O) groups is 1. The zero-order chi connectivity index (χ0) is 13.0. The Bertz CT molecular complexity index is 550. The maximum absolute atomic E-state index is 11.1. The van der Waals surface area contributed by atoms with E-state index in [1.165, 1.54) is 0 Å². The highest BCUT2D eigenvalue weighted by molar-refractivity contribution is 5.87. The lowest BCUT2D eigenvalue weighted by molar-refractivity contribution is 0.0572. The molecule has 0 aliphatic carbocycles. The van der Waals surface area contributed by atoms with Gasteiger partial charge in [-0.05, 0) is 12.1 Å². The quantitative estimate of drug-likeness (QED) is 0.780. The van der Waals surface area contributed by atoms with E-state index in [1.54, 1.807) is 23.8 Å². The van der Waals surface area contributed by atoms with E-state index in [-0.39, 0.29) is 12.3 Å². The van der Waals surface area contributed by atoms with Crippen LogP contribution in [0.2, 0.25) is 0 Å². The van der Waals surface area contributed by atoms with Crippen LogP contribution in [0.25, 0.3) is 5.65 Å². The number of rotatable bonds is 6. The number of hydrogen-bond acceptors (Lipinski definition) is 4. The second-order valence-corrected chi connectivity index (χ2v) is 3.69. The van der Waals surface area contributed by atoms with Gasteiger partial charge in [0.1, 0.15) is 5.65 Å². The number of carboxylic acid groups (broad SMARTS) is 1. The van der Waals surface area contributed by atoms with E-state index >= 15 is 0 Å². The SMILES string of the molecule is COCCOCc1c(C(=O)O)nc2ccccn12. The Morgan fingerprint density at radius 3 is 3.00 bits per heavy atom. The average Bonchev–Trinajstić information content (AvgIpc) is 2.74. The minimum atomic E-state index is -1.05. The van der Waals surface area contributed by atoms with E-state index in [0.717, 1.165) is 0 Å². The van der Waals surface area contributed by atoms with Crippen molar-refractivity contribution in [1.82, 2.24) is 9.38 Å². The van der Waals surface area contributed by atoms with E-state index in [4.69, 9.17) is 14.6 Å². The Hall–Kier alpha value is -1.92. The van der Waals surface area contributed by atoms with Crippen molar-refractivity contribution >= 4 is 11.6 Å². The lowest BCUT2D eigenvalue weighted by Gasteiger charge is -2.04. The first kappa shape index (κ1) is 12.5. The van der Waals surface area contributed by atoms with Crippen LogP contribution in [-0.2, 0) is 16.1 Å². The first-order valence-corrected chi connectivity index (χ1v) is 5.50. The van der Waals surface area contributed by atoms with Crippen molar-refractivity contribution in [2.24, 2.45) is 0 Å². The monoisotopic (exact) mass is 250 g/mol. The van der Waals surface area contributed by atoms with E-state index in [9.17, 15) is 4.79 Å². The summed E-state index contributed by atoms with van der Waals surface area (Å²) >= 11 is 0. The number of fused-ring (bicyclic) bond motifs is 1. The Kier molecular flexibility index (Phi) is 3.91. The molecule has 0 amide bonds. The molecule has 2 heterocycles. The third-order valence-electron chi connectivity index (χ3n) is 2.50. The summed E-state index contributed by atoms with van der Waals surface area (Å²) in [5.41, 5.74) is 1.16. The molecular weight excluding hydrogens is 236 g/mol. The number of aromatic carboxylic acids is 1. The maximum Gasteiger partial charge on any atom is 0.356 e. The molecule has 2 aromatic heterocycles. The van der Waals surface area contributed by atoms with Crippen LogP contribution in [-0.4, -0.2) is 40.8 Å². The molecule has 0 saturated heterocycles. The predicted molar refractivity (Wildman–Crippen MR) is 63.7 cm³/mol. The third kappa shape index (κ3) is 2.49. The van der Waals surface area contributed by atoms with Crippen molar-refractivity contribution in [2.45, 2.75) is 6.61 Å². The van der Waals surface area contributed by atoms with Gasteiger partial charge in [-0.1, -0.05) is 6.07 Å². The highest BCUT2D eigenvalue weighted by Crippen LogP contribution is 2.13. The smallest absolute Gasteiger partial charge is 0.356 e. The number of ether oxygens (including phenoxy) is 2. The summed E-state index contributed by atoms with van der Waals surface area (Å²) in [6, 6.07) is 5.38. The second kappa shape index (κ2) is 5.61. The summed E-state index contributed by atoms with van der Waals surface area (Å²) in [5.74, 6) is -1.05. The largest absolute Gasteiger partial charge is 0.476 e. The molecule has 18 heavy (non-hydrogen) atoms. The minimum absolute atomic E-state index is 0.0265. The molecule has 0 spiro atoms. The highest BCUT2D eigenvalue weighted by atomic mass is 16.5. The number of hydrogen-bond donors (Lipinski definition) is 1. The fourth-order valence-electron chi connectivity index (χ4n) is 1.67. The molecule has 0 fully saturated rings. The molecule has 6 nitrogen and oxygen atoms in total. The number of carboxylic acids is 1. The highest BCUT2D eigenvalue weighted by Gasteiger charge is 2.17. The Balaban J connectivity index is 2.27. The lowest BCUT2D eigenvalue weighted by atomic mass is 10.3.